The Hall–Kier alpha value is -2.48. The van der Waals surface area contributed by atoms with Gasteiger partial charge in [-0.15, -0.1) is 0 Å². The van der Waals surface area contributed by atoms with Gasteiger partial charge in [0, 0.05) is 0 Å². The average molecular weight is 379 g/mol. The second kappa shape index (κ2) is 7.82. The molecule has 0 radical (unpaired) electrons. The van der Waals surface area contributed by atoms with Crippen molar-refractivity contribution < 1.29 is 28.6 Å². The number of imide groups is 1. The fourth-order valence-corrected chi connectivity index (χ4v) is 3.07. The van der Waals surface area contributed by atoms with E-state index < -0.39 is 29.3 Å². The Morgan fingerprint density at radius 2 is 1.81 bits per heavy atom. The molecular weight excluding hydrogens is 358 g/mol. The summed E-state index contributed by atoms with van der Waals surface area (Å²) in [4.78, 5) is 37.5. The maximum absolute atomic E-state index is 12.5. The second-order valence-electron chi connectivity index (χ2n) is 6.47. The monoisotopic (exact) mass is 379 g/mol. The number of thioether (sulfide) groups is 1. The van der Waals surface area contributed by atoms with Gasteiger partial charge in [-0.3, -0.25) is 19.3 Å². The van der Waals surface area contributed by atoms with Gasteiger partial charge in [0.25, 0.3) is 11.1 Å². The minimum absolute atomic E-state index is 0.228. The van der Waals surface area contributed by atoms with Crippen molar-refractivity contribution in [2.24, 2.45) is 0 Å². The molecule has 1 aromatic rings. The third-order valence-electron chi connectivity index (χ3n) is 3.29. The number of methoxy groups -OCH3 is 2. The molecule has 0 aliphatic carbocycles. The number of amides is 2. The summed E-state index contributed by atoms with van der Waals surface area (Å²) in [6.45, 7) is 4.74. The van der Waals surface area contributed by atoms with E-state index in [4.69, 9.17) is 14.2 Å². The van der Waals surface area contributed by atoms with E-state index in [2.05, 4.69) is 0 Å². The summed E-state index contributed by atoms with van der Waals surface area (Å²) < 4.78 is 15.6. The van der Waals surface area contributed by atoms with E-state index in [9.17, 15) is 14.4 Å². The van der Waals surface area contributed by atoms with Crippen LogP contribution >= 0.6 is 11.8 Å². The molecule has 0 saturated carbocycles. The minimum Gasteiger partial charge on any atom is -0.493 e. The van der Waals surface area contributed by atoms with Crippen molar-refractivity contribution in [3.63, 3.8) is 0 Å². The van der Waals surface area contributed by atoms with Gasteiger partial charge in [0.05, 0.1) is 19.1 Å². The molecule has 0 atom stereocenters. The summed E-state index contributed by atoms with van der Waals surface area (Å²) in [7, 11) is 3.04. The quantitative estimate of drug-likeness (QED) is 0.574. The number of ether oxygens (including phenoxy) is 3. The zero-order valence-electron chi connectivity index (χ0n) is 15.3. The van der Waals surface area contributed by atoms with Crippen LogP contribution in [0.3, 0.4) is 0 Å². The molecule has 0 N–H and O–H groups in total. The SMILES string of the molecule is COc1ccc(/C=C2\SC(=O)N(CC(=O)OC(C)(C)C)C2=O)cc1OC. The van der Waals surface area contributed by atoms with Crippen molar-refractivity contribution in [2.75, 3.05) is 20.8 Å². The summed E-state index contributed by atoms with van der Waals surface area (Å²) in [6, 6.07) is 5.14. The van der Waals surface area contributed by atoms with Crippen LogP contribution in [0.25, 0.3) is 6.08 Å². The lowest BCUT2D eigenvalue weighted by atomic mass is 10.2. The third-order valence-corrected chi connectivity index (χ3v) is 4.19. The van der Waals surface area contributed by atoms with Crippen LogP contribution in [0.4, 0.5) is 4.79 Å². The van der Waals surface area contributed by atoms with Gasteiger partial charge in [-0.05, 0) is 56.3 Å². The number of rotatable bonds is 5. The lowest BCUT2D eigenvalue weighted by Gasteiger charge is -2.21. The highest BCUT2D eigenvalue weighted by Gasteiger charge is 2.37. The average Bonchev–Trinajstić information content (AvgIpc) is 2.80. The van der Waals surface area contributed by atoms with Crippen molar-refractivity contribution >= 4 is 35.0 Å². The molecule has 0 unspecified atom stereocenters. The highest BCUT2D eigenvalue weighted by Crippen LogP contribution is 2.34. The van der Waals surface area contributed by atoms with Gasteiger partial charge in [-0.1, -0.05) is 6.07 Å². The molecule has 0 aromatic heterocycles. The molecule has 26 heavy (non-hydrogen) atoms. The number of hydrogen-bond acceptors (Lipinski definition) is 7. The van der Waals surface area contributed by atoms with Gasteiger partial charge in [0.1, 0.15) is 12.1 Å². The Labute approximate surface area is 156 Å². The maximum atomic E-state index is 12.5. The summed E-state index contributed by atoms with van der Waals surface area (Å²) in [6.07, 6.45) is 1.57. The normalized spacial score (nSPS) is 16.2. The van der Waals surface area contributed by atoms with Gasteiger partial charge < -0.3 is 14.2 Å². The number of nitrogens with zero attached hydrogens (tertiary/aromatic N) is 1. The Morgan fingerprint density at radius 1 is 1.15 bits per heavy atom. The number of benzene rings is 1. The van der Waals surface area contributed by atoms with E-state index in [1.54, 1.807) is 45.0 Å². The third kappa shape index (κ3) is 4.78. The van der Waals surface area contributed by atoms with Crippen LogP contribution in [0.1, 0.15) is 26.3 Å². The predicted molar refractivity (Wildman–Crippen MR) is 98.1 cm³/mol. The first-order chi connectivity index (χ1) is 12.1. The molecule has 1 fully saturated rings. The fourth-order valence-electron chi connectivity index (χ4n) is 2.23. The Bertz CT molecular complexity index is 765. The predicted octanol–water partition coefficient (Wildman–Crippen LogP) is 3.08. The van der Waals surface area contributed by atoms with E-state index in [0.717, 1.165) is 16.7 Å². The molecule has 0 bridgehead atoms. The Morgan fingerprint density at radius 3 is 2.38 bits per heavy atom. The van der Waals surface area contributed by atoms with E-state index >= 15 is 0 Å². The molecule has 1 aliphatic heterocycles. The zero-order chi connectivity index (χ0) is 19.5. The van der Waals surface area contributed by atoms with Crippen LogP contribution in [0, 0.1) is 0 Å². The van der Waals surface area contributed by atoms with Crippen LogP contribution < -0.4 is 9.47 Å². The number of hydrogen-bond donors (Lipinski definition) is 0. The molecule has 0 spiro atoms. The first-order valence-electron chi connectivity index (χ1n) is 7.84. The molecule has 140 valence electrons. The first-order valence-corrected chi connectivity index (χ1v) is 8.65. The van der Waals surface area contributed by atoms with E-state index in [0.29, 0.717) is 17.1 Å². The molecule has 2 amide bonds. The molecule has 1 aliphatic rings. The second-order valence-corrected chi connectivity index (χ2v) is 7.46. The zero-order valence-corrected chi connectivity index (χ0v) is 16.1. The van der Waals surface area contributed by atoms with Crippen molar-refractivity contribution in [1.29, 1.82) is 0 Å². The van der Waals surface area contributed by atoms with Gasteiger partial charge >= 0.3 is 5.97 Å². The molecule has 2 rings (SSSR count). The summed E-state index contributed by atoms with van der Waals surface area (Å²) in [5.74, 6) is -0.0928. The van der Waals surface area contributed by atoms with Crippen molar-refractivity contribution in [3.05, 3.63) is 28.7 Å². The highest BCUT2D eigenvalue weighted by atomic mass is 32.2. The minimum atomic E-state index is -0.686. The van der Waals surface area contributed by atoms with Crippen LogP contribution in [-0.2, 0) is 14.3 Å². The number of esters is 1. The maximum Gasteiger partial charge on any atom is 0.326 e. The lowest BCUT2D eigenvalue weighted by Crippen LogP contribution is -2.37. The van der Waals surface area contributed by atoms with Gasteiger partial charge in [-0.2, -0.15) is 0 Å². The lowest BCUT2D eigenvalue weighted by molar-refractivity contribution is -0.156. The molecule has 1 saturated heterocycles. The van der Waals surface area contributed by atoms with Gasteiger partial charge in [-0.25, -0.2) is 0 Å². The summed E-state index contributed by atoms with van der Waals surface area (Å²) in [5.41, 5.74) is -0.0145. The number of carbonyl (C=O) groups is 3. The Balaban J connectivity index is 2.17. The van der Waals surface area contributed by atoms with Crippen LogP contribution in [0.15, 0.2) is 23.1 Å². The van der Waals surface area contributed by atoms with Crippen LogP contribution in [0.5, 0.6) is 11.5 Å². The fraction of sp³-hybridized carbons (Fsp3) is 0.389. The smallest absolute Gasteiger partial charge is 0.326 e. The van der Waals surface area contributed by atoms with Gasteiger partial charge in [0.2, 0.25) is 0 Å². The van der Waals surface area contributed by atoms with Crippen LogP contribution in [0.2, 0.25) is 0 Å². The summed E-state index contributed by atoms with van der Waals surface area (Å²) in [5, 5.41) is -0.507. The first kappa shape index (κ1) is 19.8. The largest absolute Gasteiger partial charge is 0.493 e. The summed E-state index contributed by atoms with van der Waals surface area (Å²) >= 11 is 0.779. The van der Waals surface area contributed by atoms with E-state index in [1.807, 2.05) is 0 Å². The Kier molecular flexibility index (Phi) is 5.97. The van der Waals surface area contributed by atoms with E-state index in [1.165, 1.54) is 14.2 Å². The van der Waals surface area contributed by atoms with Crippen molar-refractivity contribution in [3.8, 4) is 11.5 Å². The molecule has 8 heteroatoms. The molecule has 1 heterocycles. The molecule has 1 aromatic carbocycles. The topological polar surface area (TPSA) is 82.1 Å². The van der Waals surface area contributed by atoms with Crippen molar-refractivity contribution in [2.45, 2.75) is 26.4 Å². The van der Waals surface area contributed by atoms with Crippen molar-refractivity contribution in [1.82, 2.24) is 4.90 Å². The van der Waals surface area contributed by atoms with Gasteiger partial charge in [0.15, 0.2) is 11.5 Å². The molecule has 7 nitrogen and oxygen atoms in total. The highest BCUT2D eigenvalue weighted by molar-refractivity contribution is 8.18. The number of carbonyl (C=O) groups excluding carboxylic acids is 3. The van der Waals surface area contributed by atoms with E-state index in [-0.39, 0.29) is 4.91 Å². The van der Waals surface area contributed by atoms with Crippen LogP contribution in [-0.4, -0.2) is 48.4 Å². The standard InChI is InChI=1S/C18H21NO6S/c1-18(2,3)25-15(20)10-19-16(21)14(26-17(19)22)9-11-6-7-12(23-4)13(8-11)24-5/h6-9H,10H2,1-5H3/b14-9-. The molecular formula is C18H21NO6S.